The van der Waals surface area contributed by atoms with Crippen molar-refractivity contribution in [2.45, 2.75) is 32.9 Å². The first-order valence-corrected chi connectivity index (χ1v) is 8.96. The van der Waals surface area contributed by atoms with E-state index in [9.17, 15) is 9.18 Å². The van der Waals surface area contributed by atoms with Crippen molar-refractivity contribution in [2.24, 2.45) is 0 Å². The molecule has 0 unspecified atom stereocenters. The number of ether oxygens (including phenoxy) is 1. The molecule has 4 rings (SSSR count). The second-order valence-electron chi connectivity index (χ2n) is 7.30. The third kappa shape index (κ3) is 3.73. The highest BCUT2D eigenvalue weighted by atomic mass is 19.1. The largest absolute Gasteiger partial charge is 0.447 e. The topological polar surface area (TPSA) is 106 Å². The monoisotopic (exact) mass is 398 g/mol. The molecule has 2 aromatic heterocycles. The number of hydrogen-bond acceptors (Lipinski definition) is 8. The van der Waals surface area contributed by atoms with Crippen LogP contribution in [0.2, 0.25) is 0 Å². The van der Waals surface area contributed by atoms with Gasteiger partial charge >= 0.3 is 6.09 Å². The molecule has 1 aliphatic heterocycles. The van der Waals surface area contributed by atoms with Crippen LogP contribution in [0.4, 0.5) is 21.0 Å². The van der Waals surface area contributed by atoms with Crippen LogP contribution in [0.25, 0.3) is 11.4 Å². The Morgan fingerprint density at radius 1 is 1.24 bits per heavy atom. The van der Waals surface area contributed by atoms with E-state index in [1.165, 1.54) is 4.90 Å². The van der Waals surface area contributed by atoms with Gasteiger partial charge in [-0.15, -0.1) is 0 Å². The van der Waals surface area contributed by atoms with Gasteiger partial charge in [0.1, 0.15) is 6.61 Å². The SMILES string of the molecule is Cc1ccc(-c2noc(CNc3ncc(F)c(N4C(=O)OCC4(C)C)n3)n2)cc1. The van der Waals surface area contributed by atoms with Crippen LogP contribution in [0.3, 0.4) is 0 Å². The third-order valence-electron chi connectivity index (χ3n) is 4.45. The van der Waals surface area contributed by atoms with Crippen LogP contribution in [-0.2, 0) is 11.3 Å². The van der Waals surface area contributed by atoms with Crippen molar-refractivity contribution >= 4 is 17.9 Å². The van der Waals surface area contributed by atoms with Gasteiger partial charge in [-0.2, -0.15) is 9.97 Å². The van der Waals surface area contributed by atoms with E-state index in [2.05, 4.69) is 25.4 Å². The molecule has 29 heavy (non-hydrogen) atoms. The van der Waals surface area contributed by atoms with E-state index in [0.29, 0.717) is 11.7 Å². The zero-order valence-corrected chi connectivity index (χ0v) is 16.1. The molecular weight excluding hydrogens is 379 g/mol. The molecule has 1 N–H and O–H groups in total. The van der Waals surface area contributed by atoms with E-state index < -0.39 is 17.4 Å². The number of halogens is 1. The Morgan fingerprint density at radius 2 is 2.00 bits per heavy atom. The van der Waals surface area contributed by atoms with Gasteiger partial charge in [0, 0.05) is 5.56 Å². The standard InChI is InChI=1S/C19H19FN6O3/c1-11-4-6-12(7-5-11)15-23-14(29-25-15)9-22-17-21-8-13(20)16(24-17)26-18(27)28-10-19(26,2)3/h4-8H,9-10H2,1-3H3,(H,21,22,24). The fourth-order valence-corrected chi connectivity index (χ4v) is 2.89. The lowest BCUT2D eigenvalue weighted by Crippen LogP contribution is -2.43. The van der Waals surface area contributed by atoms with E-state index in [0.717, 1.165) is 17.3 Å². The fraction of sp³-hybridized carbons (Fsp3) is 0.316. The summed E-state index contributed by atoms with van der Waals surface area (Å²) >= 11 is 0. The van der Waals surface area contributed by atoms with Crippen LogP contribution >= 0.6 is 0 Å². The number of nitrogens with zero attached hydrogens (tertiary/aromatic N) is 5. The minimum atomic E-state index is -0.723. The van der Waals surface area contributed by atoms with Crippen molar-refractivity contribution in [3.05, 3.63) is 47.7 Å². The van der Waals surface area contributed by atoms with Gasteiger partial charge < -0.3 is 14.6 Å². The second-order valence-corrected chi connectivity index (χ2v) is 7.30. The number of carbonyl (C=O) groups excluding carboxylic acids is 1. The van der Waals surface area contributed by atoms with E-state index in [4.69, 9.17) is 9.26 Å². The molecule has 3 heterocycles. The zero-order valence-electron chi connectivity index (χ0n) is 16.1. The van der Waals surface area contributed by atoms with Crippen LogP contribution in [-0.4, -0.2) is 38.3 Å². The Hall–Kier alpha value is -3.56. The number of rotatable bonds is 5. The van der Waals surface area contributed by atoms with E-state index in [1.807, 2.05) is 31.2 Å². The molecule has 0 aliphatic carbocycles. The molecule has 150 valence electrons. The Morgan fingerprint density at radius 3 is 2.69 bits per heavy atom. The van der Waals surface area contributed by atoms with Gasteiger partial charge in [-0.25, -0.2) is 19.1 Å². The zero-order chi connectivity index (χ0) is 20.6. The maximum atomic E-state index is 14.3. The molecule has 1 aromatic carbocycles. The number of nitrogens with one attached hydrogen (secondary N) is 1. The first-order valence-electron chi connectivity index (χ1n) is 8.96. The number of hydrogen-bond donors (Lipinski definition) is 1. The van der Waals surface area contributed by atoms with Crippen molar-refractivity contribution < 1.29 is 18.4 Å². The second kappa shape index (κ2) is 7.12. The fourth-order valence-electron chi connectivity index (χ4n) is 2.89. The summed E-state index contributed by atoms with van der Waals surface area (Å²) < 4.78 is 24.5. The first kappa shape index (κ1) is 18.8. The van der Waals surface area contributed by atoms with Crippen LogP contribution in [0.5, 0.6) is 0 Å². The summed E-state index contributed by atoms with van der Waals surface area (Å²) in [5, 5.41) is 6.86. The van der Waals surface area contributed by atoms with Crippen molar-refractivity contribution in [2.75, 3.05) is 16.8 Å². The number of amides is 1. The van der Waals surface area contributed by atoms with Gasteiger partial charge in [0.05, 0.1) is 18.3 Å². The number of cyclic esters (lactones) is 1. The van der Waals surface area contributed by atoms with Gasteiger partial charge in [0.25, 0.3) is 0 Å². The van der Waals surface area contributed by atoms with E-state index in [-0.39, 0.29) is 24.9 Å². The molecular formula is C19H19FN6O3. The van der Waals surface area contributed by atoms with Crippen molar-refractivity contribution in [1.82, 2.24) is 20.1 Å². The first-order chi connectivity index (χ1) is 13.8. The number of aryl methyl sites for hydroxylation is 1. The molecule has 9 nitrogen and oxygen atoms in total. The molecule has 0 radical (unpaired) electrons. The Labute approximate surface area is 165 Å². The lowest BCUT2D eigenvalue weighted by Gasteiger charge is -2.26. The Kier molecular flexibility index (Phi) is 4.61. The Bertz CT molecular complexity index is 1050. The summed E-state index contributed by atoms with van der Waals surface area (Å²) in [6.45, 7) is 5.80. The van der Waals surface area contributed by atoms with Crippen molar-refractivity contribution in [1.29, 1.82) is 0 Å². The molecule has 1 fully saturated rings. The molecule has 3 aromatic rings. The van der Waals surface area contributed by atoms with Gasteiger partial charge in [0.2, 0.25) is 17.7 Å². The highest BCUT2D eigenvalue weighted by Crippen LogP contribution is 2.31. The van der Waals surface area contributed by atoms with E-state index in [1.54, 1.807) is 13.8 Å². The maximum Gasteiger partial charge on any atom is 0.416 e. The van der Waals surface area contributed by atoms with Gasteiger partial charge in [0.15, 0.2) is 11.6 Å². The minimum absolute atomic E-state index is 0.118. The predicted octanol–water partition coefficient (Wildman–Crippen LogP) is 3.32. The predicted molar refractivity (Wildman–Crippen MR) is 102 cm³/mol. The molecule has 0 saturated carbocycles. The van der Waals surface area contributed by atoms with Crippen LogP contribution < -0.4 is 10.2 Å². The quantitative estimate of drug-likeness (QED) is 0.698. The normalized spacial score (nSPS) is 15.4. The maximum absolute atomic E-state index is 14.3. The van der Waals surface area contributed by atoms with Crippen molar-refractivity contribution in [3.63, 3.8) is 0 Å². The van der Waals surface area contributed by atoms with Gasteiger partial charge in [-0.05, 0) is 20.8 Å². The highest BCUT2D eigenvalue weighted by Gasteiger charge is 2.43. The minimum Gasteiger partial charge on any atom is -0.447 e. The highest BCUT2D eigenvalue weighted by molar-refractivity contribution is 5.90. The Balaban J connectivity index is 1.50. The molecule has 0 atom stereocenters. The molecule has 0 spiro atoms. The molecule has 0 bridgehead atoms. The lowest BCUT2D eigenvalue weighted by atomic mass is 10.1. The van der Waals surface area contributed by atoms with E-state index >= 15 is 0 Å². The van der Waals surface area contributed by atoms with Crippen LogP contribution in [0.15, 0.2) is 35.0 Å². The molecule has 1 aliphatic rings. The average Bonchev–Trinajstić information content (AvgIpc) is 3.26. The van der Waals surface area contributed by atoms with Crippen molar-refractivity contribution in [3.8, 4) is 11.4 Å². The number of carbonyl (C=O) groups is 1. The average molecular weight is 398 g/mol. The third-order valence-corrected chi connectivity index (χ3v) is 4.45. The molecule has 10 heteroatoms. The lowest BCUT2D eigenvalue weighted by molar-refractivity contribution is 0.175. The van der Waals surface area contributed by atoms with Gasteiger partial charge in [-0.3, -0.25) is 0 Å². The summed E-state index contributed by atoms with van der Waals surface area (Å²) in [5.74, 6) is 0.0230. The molecule has 1 saturated heterocycles. The smallest absolute Gasteiger partial charge is 0.416 e. The number of anilines is 2. The molecule has 1 amide bonds. The van der Waals surface area contributed by atoms with Crippen LogP contribution in [0, 0.1) is 12.7 Å². The summed E-state index contributed by atoms with van der Waals surface area (Å²) in [6.07, 6.45) is 0.343. The summed E-state index contributed by atoms with van der Waals surface area (Å²) in [7, 11) is 0. The number of benzene rings is 1. The van der Waals surface area contributed by atoms with Gasteiger partial charge in [-0.1, -0.05) is 35.0 Å². The van der Waals surface area contributed by atoms with Crippen LogP contribution in [0.1, 0.15) is 25.3 Å². The summed E-state index contributed by atoms with van der Waals surface area (Å²) in [4.78, 5) is 25.6. The summed E-state index contributed by atoms with van der Waals surface area (Å²) in [5.41, 5.74) is 1.24. The summed E-state index contributed by atoms with van der Waals surface area (Å²) in [6, 6.07) is 7.73. The number of aromatic nitrogens is 4.